The normalized spacial score (nSPS) is 15.4. The molecule has 0 amide bonds. The Labute approximate surface area is 185 Å². The van der Waals surface area contributed by atoms with Crippen LogP contribution >= 0.6 is 0 Å². The van der Waals surface area contributed by atoms with Crippen molar-refractivity contribution in [3.63, 3.8) is 0 Å². The molecule has 0 saturated carbocycles. The molecule has 32 heavy (non-hydrogen) atoms. The third-order valence-corrected chi connectivity index (χ3v) is 6.58. The lowest BCUT2D eigenvalue weighted by molar-refractivity contribution is 0.668. The second-order valence-corrected chi connectivity index (χ2v) is 8.34. The second-order valence-electron chi connectivity index (χ2n) is 8.34. The number of rotatable bonds is 2. The lowest BCUT2D eigenvalue weighted by Crippen LogP contribution is -2.12. The highest BCUT2D eigenvalue weighted by Crippen LogP contribution is 2.45. The Morgan fingerprint density at radius 2 is 1.25 bits per heavy atom. The van der Waals surface area contributed by atoms with Gasteiger partial charge < -0.3 is 4.42 Å². The van der Waals surface area contributed by atoms with Crippen LogP contribution in [0, 0.1) is 0 Å². The van der Waals surface area contributed by atoms with Gasteiger partial charge in [0.2, 0.25) is 0 Å². The Balaban J connectivity index is 1.53. The summed E-state index contributed by atoms with van der Waals surface area (Å²) in [4.78, 5) is 5.16. The van der Waals surface area contributed by atoms with Gasteiger partial charge in [0.1, 0.15) is 11.2 Å². The summed E-state index contributed by atoms with van der Waals surface area (Å²) < 4.78 is 6.39. The fraction of sp³-hybridized carbons (Fsp3) is 0.0333. The highest BCUT2D eigenvalue weighted by molar-refractivity contribution is 6.20. The van der Waals surface area contributed by atoms with Gasteiger partial charge >= 0.3 is 0 Å². The van der Waals surface area contributed by atoms with Gasteiger partial charge in [-0.15, -0.1) is 0 Å². The van der Waals surface area contributed by atoms with Crippen LogP contribution in [-0.2, 0) is 0 Å². The maximum Gasteiger partial charge on any atom is 0.144 e. The number of hydrogen-bond acceptors (Lipinski definition) is 2. The minimum atomic E-state index is 0.0520. The van der Waals surface area contributed by atoms with Crippen molar-refractivity contribution in [2.75, 3.05) is 0 Å². The van der Waals surface area contributed by atoms with Crippen molar-refractivity contribution in [2.24, 2.45) is 4.99 Å². The first kappa shape index (κ1) is 17.5. The number of furan rings is 1. The third-order valence-electron chi connectivity index (χ3n) is 6.58. The van der Waals surface area contributed by atoms with E-state index in [0.717, 1.165) is 38.9 Å². The fourth-order valence-electron chi connectivity index (χ4n) is 5.16. The van der Waals surface area contributed by atoms with Crippen LogP contribution in [0.25, 0.3) is 32.7 Å². The summed E-state index contributed by atoms with van der Waals surface area (Å²) in [7, 11) is 0. The molecule has 6 aromatic rings. The largest absolute Gasteiger partial charge is 0.455 e. The highest BCUT2D eigenvalue weighted by Gasteiger charge is 2.32. The minimum absolute atomic E-state index is 0.0520. The van der Waals surface area contributed by atoms with Crippen molar-refractivity contribution in [1.29, 1.82) is 0 Å². The summed E-state index contributed by atoms with van der Waals surface area (Å²) >= 11 is 0. The molecule has 0 radical (unpaired) electrons. The van der Waals surface area contributed by atoms with Gasteiger partial charge in [-0.1, -0.05) is 91.0 Å². The first-order valence-electron chi connectivity index (χ1n) is 10.9. The average Bonchev–Trinajstić information content (AvgIpc) is 3.42. The Morgan fingerprint density at radius 1 is 0.562 bits per heavy atom. The maximum atomic E-state index is 6.39. The number of nitrogens with zero attached hydrogens (tertiary/aromatic N) is 1. The van der Waals surface area contributed by atoms with Gasteiger partial charge in [0, 0.05) is 16.3 Å². The summed E-state index contributed by atoms with van der Waals surface area (Å²) in [5.74, 6) is 0.0520. The number of benzene rings is 5. The molecule has 1 aliphatic heterocycles. The predicted octanol–water partition coefficient (Wildman–Crippen LogP) is 8.01. The highest BCUT2D eigenvalue weighted by atomic mass is 16.3. The van der Waals surface area contributed by atoms with E-state index in [1.807, 2.05) is 12.1 Å². The molecule has 1 aliphatic rings. The summed E-state index contributed by atoms with van der Waals surface area (Å²) in [6.45, 7) is 0. The predicted molar refractivity (Wildman–Crippen MR) is 132 cm³/mol. The SMILES string of the molecule is c1ccc2c(c1)N=C(c1cccc3c1oc1ccccc13)C2c1cccc2ccccc12. The number of aliphatic imine (C=N–C) groups is 1. The van der Waals surface area contributed by atoms with Crippen molar-refractivity contribution < 1.29 is 4.42 Å². The van der Waals surface area contributed by atoms with Crippen LogP contribution in [0.1, 0.15) is 22.6 Å². The Hall–Kier alpha value is -4.17. The van der Waals surface area contributed by atoms with Crippen LogP contribution in [0.15, 0.2) is 119 Å². The zero-order chi connectivity index (χ0) is 21.1. The number of hydrogen-bond donors (Lipinski definition) is 0. The summed E-state index contributed by atoms with van der Waals surface area (Å²) in [6.07, 6.45) is 0. The molecule has 5 aromatic carbocycles. The van der Waals surface area contributed by atoms with Crippen molar-refractivity contribution in [1.82, 2.24) is 0 Å². The molecule has 0 spiro atoms. The lowest BCUT2D eigenvalue weighted by atomic mass is 9.83. The summed E-state index contributed by atoms with van der Waals surface area (Å²) in [5.41, 5.74) is 7.48. The fourth-order valence-corrected chi connectivity index (χ4v) is 5.16. The molecule has 1 unspecified atom stereocenters. The Morgan fingerprint density at radius 3 is 2.22 bits per heavy atom. The summed E-state index contributed by atoms with van der Waals surface area (Å²) in [6, 6.07) is 38.3. The van der Waals surface area contributed by atoms with Crippen LogP contribution in [-0.4, -0.2) is 5.71 Å². The van der Waals surface area contributed by atoms with E-state index in [4.69, 9.17) is 9.41 Å². The van der Waals surface area contributed by atoms with Gasteiger partial charge in [-0.25, -0.2) is 0 Å². The zero-order valence-electron chi connectivity index (χ0n) is 17.3. The third kappa shape index (κ3) is 2.44. The molecule has 2 heterocycles. The molecule has 0 saturated heterocycles. The van der Waals surface area contributed by atoms with E-state index in [-0.39, 0.29) is 5.92 Å². The van der Waals surface area contributed by atoms with E-state index in [1.165, 1.54) is 21.9 Å². The number of fused-ring (bicyclic) bond motifs is 5. The minimum Gasteiger partial charge on any atom is -0.455 e. The lowest BCUT2D eigenvalue weighted by Gasteiger charge is -2.18. The first-order valence-corrected chi connectivity index (χ1v) is 10.9. The van der Waals surface area contributed by atoms with Crippen LogP contribution in [0.3, 0.4) is 0 Å². The molecule has 2 nitrogen and oxygen atoms in total. The molecular weight excluding hydrogens is 390 g/mol. The quantitative estimate of drug-likeness (QED) is 0.284. The maximum absolute atomic E-state index is 6.39. The van der Waals surface area contributed by atoms with E-state index in [0.29, 0.717) is 0 Å². The molecule has 0 aliphatic carbocycles. The van der Waals surface area contributed by atoms with Crippen LogP contribution in [0.4, 0.5) is 5.69 Å². The van der Waals surface area contributed by atoms with Gasteiger partial charge in [0.05, 0.1) is 17.3 Å². The van der Waals surface area contributed by atoms with Crippen LogP contribution in [0.2, 0.25) is 0 Å². The van der Waals surface area contributed by atoms with Crippen molar-refractivity contribution in [2.45, 2.75) is 5.92 Å². The van der Waals surface area contributed by atoms with E-state index in [9.17, 15) is 0 Å². The first-order chi connectivity index (χ1) is 15.9. The van der Waals surface area contributed by atoms with Gasteiger partial charge in [-0.2, -0.15) is 0 Å². The standard InChI is InChI=1S/C30H19NO/c1-2-11-20-19(9-1)10-7-14-22(20)28-24-13-3-5-17-26(24)31-29(28)25-16-8-15-23-21-12-4-6-18-27(21)32-30(23)25/h1-18,28H. The van der Waals surface area contributed by atoms with Crippen molar-refractivity contribution >= 4 is 44.1 Å². The van der Waals surface area contributed by atoms with E-state index in [2.05, 4.69) is 97.1 Å². The van der Waals surface area contributed by atoms with Gasteiger partial charge in [-0.05, 0) is 40.1 Å². The molecular formula is C30H19NO. The molecule has 150 valence electrons. The zero-order valence-corrected chi connectivity index (χ0v) is 17.3. The smallest absolute Gasteiger partial charge is 0.144 e. The molecule has 1 atom stereocenters. The Bertz CT molecular complexity index is 1680. The molecule has 0 bridgehead atoms. The topological polar surface area (TPSA) is 25.5 Å². The monoisotopic (exact) mass is 409 g/mol. The van der Waals surface area contributed by atoms with Gasteiger partial charge in [-0.3, -0.25) is 4.99 Å². The Kier molecular flexibility index (Phi) is 3.65. The molecule has 0 N–H and O–H groups in total. The number of para-hydroxylation sites is 3. The van der Waals surface area contributed by atoms with E-state index >= 15 is 0 Å². The van der Waals surface area contributed by atoms with Crippen molar-refractivity contribution in [3.05, 3.63) is 126 Å². The molecule has 0 fully saturated rings. The van der Waals surface area contributed by atoms with Crippen molar-refractivity contribution in [3.8, 4) is 0 Å². The van der Waals surface area contributed by atoms with Gasteiger partial charge in [0.25, 0.3) is 0 Å². The van der Waals surface area contributed by atoms with E-state index < -0.39 is 0 Å². The van der Waals surface area contributed by atoms with Gasteiger partial charge in [0.15, 0.2) is 0 Å². The van der Waals surface area contributed by atoms with Crippen LogP contribution < -0.4 is 0 Å². The van der Waals surface area contributed by atoms with Crippen LogP contribution in [0.5, 0.6) is 0 Å². The molecule has 7 rings (SSSR count). The molecule has 1 aromatic heterocycles. The molecule has 2 heteroatoms. The van der Waals surface area contributed by atoms with E-state index in [1.54, 1.807) is 0 Å². The average molecular weight is 409 g/mol. The second kappa shape index (κ2) is 6.66. The summed E-state index contributed by atoms with van der Waals surface area (Å²) in [5, 5.41) is 4.78.